The summed E-state index contributed by atoms with van der Waals surface area (Å²) in [5, 5.41) is 10.2. The summed E-state index contributed by atoms with van der Waals surface area (Å²) in [5.41, 5.74) is 1.14. The lowest BCUT2D eigenvalue weighted by Crippen LogP contribution is -2.44. The zero-order valence-corrected chi connectivity index (χ0v) is 25.4. The molecule has 6 rings (SSSR count). The highest BCUT2D eigenvalue weighted by Crippen LogP contribution is 2.42. The van der Waals surface area contributed by atoms with Gasteiger partial charge in [0.05, 0.1) is 52.2 Å². The Morgan fingerprint density at radius 2 is 1.57 bits per heavy atom. The van der Waals surface area contributed by atoms with E-state index in [1.807, 2.05) is 0 Å². The van der Waals surface area contributed by atoms with Crippen LogP contribution in [0.15, 0.2) is 36.4 Å². The van der Waals surface area contributed by atoms with Gasteiger partial charge in [0.2, 0.25) is 0 Å². The molecular weight excluding hydrogens is 617 g/mol. The number of hydrogen-bond acceptors (Lipinski definition) is 7. The second kappa shape index (κ2) is 12.4. The molecule has 9 nitrogen and oxygen atoms in total. The number of benzene rings is 3. The van der Waals surface area contributed by atoms with E-state index < -0.39 is 23.5 Å². The van der Waals surface area contributed by atoms with E-state index in [1.165, 1.54) is 23.1 Å². The van der Waals surface area contributed by atoms with Crippen LogP contribution >= 0.6 is 23.2 Å². The van der Waals surface area contributed by atoms with Crippen molar-refractivity contribution in [1.29, 1.82) is 0 Å². The van der Waals surface area contributed by atoms with E-state index >= 15 is 8.78 Å². The number of halogens is 4. The molecule has 2 saturated heterocycles. The number of rotatable bonds is 5. The maximum Gasteiger partial charge on any atom is 0.337 e. The molecule has 3 aliphatic rings. The maximum atomic E-state index is 15.5. The van der Waals surface area contributed by atoms with Gasteiger partial charge in [-0.1, -0.05) is 29.3 Å². The molecule has 0 aliphatic carbocycles. The zero-order chi connectivity index (χ0) is 31.1. The first kappa shape index (κ1) is 30.4. The first-order chi connectivity index (χ1) is 21.1. The van der Waals surface area contributed by atoms with Crippen LogP contribution in [0, 0.1) is 11.6 Å². The third kappa shape index (κ3) is 5.77. The molecule has 0 saturated carbocycles. The van der Waals surface area contributed by atoms with Crippen molar-refractivity contribution < 1.29 is 33.0 Å². The van der Waals surface area contributed by atoms with E-state index in [0.29, 0.717) is 31.9 Å². The number of fused-ring (bicyclic) bond motifs is 1. The predicted molar refractivity (Wildman–Crippen MR) is 163 cm³/mol. The summed E-state index contributed by atoms with van der Waals surface area (Å²) in [7, 11) is 2.06. The van der Waals surface area contributed by atoms with Gasteiger partial charge >= 0.3 is 5.97 Å². The molecular formula is C31H30Cl2F2N4O5. The van der Waals surface area contributed by atoms with Crippen molar-refractivity contribution in [3.8, 4) is 16.9 Å². The number of likely N-dealkylation sites (N-methyl/N-ethyl adjacent to an activating group) is 1. The van der Waals surface area contributed by atoms with Gasteiger partial charge in [-0.15, -0.1) is 0 Å². The van der Waals surface area contributed by atoms with Gasteiger partial charge in [0.15, 0.2) is 6.73 Å². The number of carboxylic acids is 1. The Labute approximate surface area is 263 Å². The SMILES string of the molecule is CN1CCN(c2cc(Cl)c(C(=O)N3COc4c(ccc(F)c4-c4cc(N5CCOCC5)c(C(=O)O)cc4F)C3)c(Cl)c2)CC1. The number of nitrogens with zero attached hydrogens (tertiary/aromatic N) is 4. The lowest BCUT2D eigenvalue weighted by atomic mass is 9.96. The fourth-order valence-electron chi connectivity index (χ4n) is 5.83. The Bertz CT molecular complexity index is 1600. The highest BCUT2D eigenvalue weighted by Gasteiger charge is 2.31. The maximum absolute atomic E-state index is 15.5. The molecule has 0 bridgehead atoms. The smallest absolute Gasteiger partial charge is 0.337 e. The Morgan fingerprint density at radius 3 is 2.23 bits per heavy atom. The molecule has 0 atom stereocenters. The molecule has 0 unspecified atom stereocenters. The number of carbonyl (C=O) groups is 2. The summed E-state index contributed by atoms with van der Waals surface area (Å²) in [4.78, 5) is 33.1. The Balaban J connectivity index is 1.30. The van der Waals surface area contributed by atoms with Crippen LogP contribution in [-0.2, 0) is 11.3 Å². The van der Waals surface area contributed by atoms with Gasteiger partial charge in [0.25, 0.3) is 5.91 Å². The van der Waals surface area contributed by atoms with E-state index in [1.54, 1.807) is 17.0 Å². The number of amides is 1. The van der Waals surface area contributed by atoms with Crippen molar-refractivity contribution in [3.63, 3.8) is 0 Å². The van der Waals surface area contributed by atoms with Gasteiger partial charge in [-0.05, 0) is 37.4 Å². The van der Waals surface area contributed by atoms with Crippen molar-refractivity contribution >= 4 is 46.5 Å². The minimum absolute atomic E-state index is 0.0272. The molecule has 1 amide bonds. The monoisotopic (exact) mass is 646 g/mol. The first-order valence-electron chi connectivity index (χ1n) is 14.2. The number of morpholine rings is 1. The second-order valence-corrected chi connectivity index (χ2v) is 11.8. The van der Waals surface area contributed by atoms with Gasteiger partial charge in [0, 0.05) is 56.1 Å². The molecule has 0 spiro atoms. The van der Waals surface area contributed by atoms with Crippen molar-refractivity contribution in [3.05, 3.63) is 74.8 Å². The standard InChI is InChI=1S/C31H30Cl2F2N4O5/c1-36-4-6-37(7-5-36)19-12-22(32)28(23(33)13-19)30(40)39-16-18-2-3-24(34)27(29(18)44-17-39)20-15-26(38-8-10-43-11-9-38)21(31(41)42)14-25(20)35/h2-3,12-15H,4-11,16-17H2,1H3,(H,41,42). The van der Waals surface area contributed by atoms with Crippen LogP contribution in [0.4, 0.5) is 20.2 Å². The molecule has 13 heteroatoms. The van der Waals surface area contributed by atoms with E-state index in [-0.39, 0.29) is 57.0 Å². The van der Waals surface area contributed by atoms with Gasteiger partial charge in [0.1, 0.15) is 17.4 Å². The third-order valence-electron chi connectivity index (χ3n) is 8.25. The molecule has 1 N–H and O–H groups in total. The minimum Gasteiger partial charge on any atom is -0.478 e. The number of anilines is 2. The normalized spacial score (nSPS) is 17.3. The number of hydrogen-bond donors (Lipinski definition) is 1. The molecule has 3 aromatic rings. The van der Waals surface area contributed by atoms with Gasteiger partial charge < -0.3 is 34.2 Å². The van der Waals surface area contributed by atoms with Crippen molar-refractivity contribution in [2.75, 3.05) is 76.1 Å². The summed E-state index contributed by atoms with van der Waals surface area (Å²) in [5.74, 6) is -3.34. The number of carbonyl (C=O) groups excluding carboxylic acids is 1. The fourth-order valence-corrected chi connectivity index (χ4v) is 6.46. The van der Waals surface area contributed by atoms with Crippen LogP contribution in [0.1, 0.15) is 26.3 Å². The molecule has 232 valence electrons. The fraction of sp³-hybridized carbons (Fsp3) is 0.355. The molecule has 3 heterocycles. The van der Waals surface area contributed by atoms with E-state index in [9.17, 15) is 14.7 Å². The van der Waals surface area contributed by atoms with Crippen molar-refractivity contribution in [2.45, 2.75) is 6.54 Å². The quantitative estimate of drug-likeness (QED) is 0.404. The van der Waals surface area contributed by atoms with E-state index in [2.05, 4.69) is 16.8 Å². The van der Waals surface area contributed by atoms with Crippen LogP contribution in [0.5, 0.6) is 5.75 Å². The number of ether oxygens (including phenoxy) is 2. The Kier molecular flexibility index (Phi) is 8.56. The Hall–Kier alpha value is -3.64. The lowest BCUT2D eigenvalue weighted by Gasteiger charge is -2.34. The summed E-state index contributed by atoms with van der Waals surface area (Å²) in [6.07, 6.45) is 0. The number of carboxylic acid groups (broad SMARTS) is 1. The van der Waals surface area contributed by atoms with Crippen LogP contribution in [0.25, 0.3) is 11.1 Å². The average molecular weight is 648 g/mol. The summed E-state index contributed by atoms with van der Waals surface area (Å²) in [6.45, 7) is 4.71. The summed E-state index contributed by atoms with van der Waals surface area (Å²) < 4.78 is 42.2. The molecule has 3 aromatic carbocycles. The largest absolute Gasteiger partial charge is 0.478 e. The predicted octanol–water partition coefficient (Wildman–Crippen LogP) is 5.22. The minimum atomic E-state index is -1.30. The van der Waals surface area contributed by atoms with E-state index in [0.717, 1.165) is 37.9 Å². The van der Waals surface area contributed by atoms with Crippen LogP contribution < -0.4 is 14.5 Å². The van der Waals surface area contributed by atoms with Crippen LogP contribution in [0.3, 0.4) is 0 Å². The van der Waals surface area contributed by atoms with Crippen LogP contribution in [0.2, 0.25) is 10.0 Å². The molecule has 2 fully saturated rings. The Morgan fingerprint density at radius 1 is 0.886 bits per heavy atom. The molecule has 3 aliphatic heterocycles. The van der Waals surface area contributed by atoms with Gasteiger partial charge in [-0.2, -0.15) is 0 Å². The van der Waals surface area contributed by atoms with Crippen LogP contribution in [-0.4, -0.2) is 93.0 Å². The molecule has 0 radical (unpaired) electrons. The first-order valence-corrected chi connectivity index (χ1v) is 14.9. The summed E-state index contributed by atoms with van der Waals surface area (Å²) >= 11 is 13.2. The number of piperazine rings is 1. The summed E-state index contributed by atoms with van der Waals surface area (Å²) in [6, 6.07) is 8.34. The molecule has 0 aromatic heterocycles. The lowest BCUT2D eigenvalue weighted by molar-refractivity contribution is 0.0515. The zero-order valence-electron chi connectivity index (χ0n) is 23.9. The topological polar surface area (TPSA) is 85.8 Å². The highest BCUT2D eigenvalue weighted by atomic mass is 35.5. The second-order valence-electron chi connectivity index (χ2n) is 11.0. The number of aromatic carboxylic acids is 1. The van der Waals surface area contributed by atoms with Gasteiger partial charge in [-0.25, -0.2) is 13.6 Å². The molecule has 44 heavy (non-hydrogen) atoms. The third-order valence-corrected chi connectivity index (χ3v) is 8.84. The average Bonchev–Trinajstić information content (AvgIpc) is 3.01. The van der Waals surface area contributed by atoms with E-state index in [4.69, 9.17) is 32.7 Å². The van der Waals surface area contributed by atoms with Crippen molar-refractivity contribution in [2.24, 2.45) is 0 Å². The van der Waals surface area contributed by atoms with Gasteiger partial charge in [-0.3, -0.25) is 4.79 Å². The van der Waals surface area contributed by atoms with Crippen molar-refractivity contribution in [1.82, 2.24) is 9.80 Å². The highest BCUT2D eigenvalue weighted by molar-refractivity contribution is 6.40.